The van der Waals surface area contributed by atoms with E-state index < -0.39 is 0 Å². The quantitative estimate of drug-likeness (QED) is 0.0307. The van der Waals surface area contributed by atoms with Crippen molar-refractivity contribution in [3.8, 4) is 17.5 Å². The molecule has 27 heteroatoms. The highest BCUT2D eigenvalue weighted by molar-refractivity contribution is 5.98. The number of anilines is 6. The van der Waals surface area contributed by atoms with E-state index in [1.165, 1.54) is 63.4 Å². The van der Waals surface area contributed by atoms with Crippen LogP contribution in [0.4, 0.5) is 41.4 Å². The lowest BCUT2D eigenvalue weighted by Gasteiger charge is -2.29. The Kier molecular flexibility index (Phi) is 33.8. The van der Waals surface area contributed by atoms with Crippen LogP contribution in [0.5, 0.6) is 5.75 Å². The van der Waals surface area contributed by atoms with Crippen molar-refractivity contribution in [1.82, 2.24) is 57.3 Å². The number of benzene rings is 7. The fraction of sp³-hybridized carbons (Fsp3) is 0.486. The van der Waals surface area contributed by atoms with Gasteiger partial charge in [0.15, 0.2) is 5.69 Å². The van der Waals surface area contributed by atoms with Gasteiger partial charge in [0.2, 0.25) is 71.1 Å². The van der Waals surface area contributed by atoms with E-state index in [-0.39, 0.29) is 87.4 Å². The summed E-state index contributed by atoms with van der Waals surface area (Å²) >= 11 is 0. The largest absolute Gasteiger partial charge is 0.497 e. The van der Waals surface area contributed by atoms with Crippen molar-refractivity contribution in [3.05, 3.63) is 174 Å². The van der Waals surface area contributed by atoms with Gasteiger partial charge >= 0.3 is 0 Å². The zero-order valence-electron chi connectivity index (χ0n) is 83.8. The molecular weight excluding hydrogens is 1700 g/mol. The molecule has 0 bridgehead atoms. The summed E-state index contributed by atoms with van der Waals surface area (Å²) in [6.45, 7) is 48.3. The molecule has 0 spiro atoms. The van der Waals surface area contributed by atoms with Crippen LogP contribution in [0.25, 0.3) is 76.7 Å². The maximum atomic E-state index is 12.4. The molecule has 4 aliphatic rings. The molecule has 6 N–H and O–H groups in total. The highest BCUT2D eigenvalue weighted by atomic mass is 16.5. The molecule has 6 heterocycles. The Morgan fingerprint density at radius 3 is 1.28 bits per heavy atom. The highest BCUT2D eigenvalue weighted by Crippen LogP contribution is 2.43. The van der Waals surface area contributed by atoms with Crippen LogP contribution in [-0.2, 0) is 35.2 Å². The lowest BCUT2D eigenvalue weighted by Crippen LogP contribution is -2.27. The number of hydrogen-bond acceptors (Lipinski definition) is 14. The molecule has 136 heavy (non-hydrogen) atoms. The lowest BCUT2D eigenvalue weighted by molar-refractivity contribution is -0.121. The summed E-state index contributed by atoms with van der Waals surface area (Å²) in [6, 6.07) is 52.8. The molecule has 6 aromatic heterocycles. The van der Waals surface area contributed by atoms with Crippen LogP contribution in [0.3, 0.4) is 0 Å². The smallest absolute Gasteiger partial charge is 0.229 e. The molecule has 27 nitrogen and oxygen atoms in total. The van der Waals surface area contributed by atoms with Crippen molar-refractivity contribution in [1.29, 1.82) is 5.26 Å². The first-order chi connectivity index (χ1) is 64.7. The number of carbonyl (C=O) groups is 6. The van der Waals surface area contributed by atoms with E-state index in [4.69, 9.17) is 16.6 Å². The molecule has 4 saturated carbocycles. The number of carbonyl (C=O) groups excluding carboxylic acids is 6. The van der Waals surface area contributed by atoms with E-state index in [0.717, 1.165) is 122 Å². The zero-order valence-corrected chi connectivity index (χ0v) is 83.8. The standard InChI is InChI=1S/C20H29N3O.C19H21N3O.2C18H22N4O.C17H25N3O2.C17H23N3O/c1-4-15-9-11-17-18(13-15)23(14(2)3)20(21-17)22-19(24)12-10-16-7-5-6-8-16;1-19(2,3)13-17(23)21-18-20-15-11-7-8-12-16(15)22(18)14-9-5-4-6-10-14;1-11(2)12(3)17(23)21-18-20-15-9-8-13(19-4)10-16(15)22(18)14-6-5-7-14;1-18(2,3)10-16(23)21-17-20-14-8-7-12(11-19)9-15(14)22(17)13-5-4-6-13;1-10(2)12(5)16(21)19-17-18-14-8-7-13(22-6)9-15(14)20(17)11(3)4;1-17(2,3)11-15(21)19-16-18-13-9-4-5-10-14(13)20(16)12-7-6-8-12/h9,11,13-14,16H,4-8,10,12H2,1-3H3,(H,21,22,24);4-12H,13H2,1-3H3,(H,20,21,23);8-12,14H,5-7H2,1-3H3,(H,20,21,23);7-9,13H,4-6,10H2,1-3H3,(H,20,21,23);7-12H,1-6H3,(H,18,19,21);4-5,9-10,12H,6-8,11H2,1-3H3,(H,18,19,21)/t;;12-;;12-;/m..0.0./s1. The number of ether oxygens (including phenoxy) is 1. The Balaban J connectivity index is 0.000000147. The molecular formula is C109H142N20O7. The lowest BCUT2D eigenvalue weighted by atomic mass is 9.92. The number of nitrogens with zero attached hydrogens (tertiary/aromatic N) is 14. The summed E-state index contributed by atoms with van der Waals surface area (Å²) in [6.07, 6.45) is 19.6. The van der Waals surface area contributed by atoms with Gasteiger partial charge in [-0.15, -0.1) is 0 Å². The number of fused-ring (bicyclic) bond motifs is 6. The predicted octanol–water partition coefficient (Wildman–Crippen LogP) is 26.0. The molecule has 0 aliphatic heterocycles. The van der Waals surface area contributed by atoms with Crippen molar-refractivity contribution in [2.45, 2.75) is 291 Å². The van der Waals surface area contributed by atoms with Gasteiger partial charge < -0.3 is 27.6 Å². The van der Waals surface area contributed by atoms with Gasteiger partial charge in [-0.2, -0.15) is 5.26 Å². The Morgan fingerprint density at radius 2 is 0.816 bits per heavy atom. The third-order valence-electron chi connectivity index (χ3n) is 25.8. The minimum absolute atomic E-state index is 0.000767. The number of nitrogens with one attached hydrogen (secondary N) is 6. The normalized spacial score (nSPS) is 14.6. The summed E-state index contributed by atoms with van der Waals surface area (Å²) in [4.78, 5) is 105. The molecule has 720 valence electrons. The summed E-state index contributed by atoms with van der Waals surface area (Å²) in [5, 5.41) is 27.1. The van der Waals surface area contributed by atoms with E-state index in [1.54, 1.807) is 19.2 Å². The zero-order chi connectivity index (χ0) is 98.2. The fourth-order valence-electron chi connectivity index (χ4n) is 17.2. The van der Waals surface area contributed by atoms with E-state index >= 15 is 0 Å². The van der Waals surface area contributed by atoms with Crippen LogP contribution < -0.4 is 36.6 Å². The van der Waals surface area contributed by atoms with Crippen molar-refractivity contribution in [3.63, 3.8) is 0 Å². The Hall–Kier alpha value is -13.0. The molecule has 7 aromatic carbocycles. The molecule has 4 aliphatic carbocycles. The maximum absolute atomic E-state index is 12.4. The molecule has 13 aromatic rings. The number of methoxy groups -OCH3 is 1. The van der Waals surface area contributed by atoms with Crippen LogP contribution in [0.1, 0.15) is 295 Å². The molecule has 4 fully saturated rings. The van der Waals surface area contributed by atoms with Crippen molar-refractivity contribution in [2.24, 2.45) is 45.8 Å². The van der Waals surface area contributed by atoms with E-state index in [1.807, 2.05) is 207 Å². The third kappa shape index (κ3) is 26.2. The van der Waals surface area contributed by atoms with Gasteiger partial charge in [-0.3, -0.25) is 65.2 Å². The van der Waals surface area contributed by atoms with E-state index in [9.17, 15) is 28.8 Å². The van der Waals surface area contributed by atoms with Gasteiger partial charge in [-0.1, -0.05) is 191 Å². The van der Waals surface area contributed by atoms with Crippen LogP contribution in [-0.4, -0.2) is 99.9 Å². The summed E-state index contributed by atoms with van der Waals surface area (Å²) < 4.78 is 17.9. The number of nitriles is 1. The number of aromatic nitrogens is 12. The van der Waals surface area contributed by atoms with Gasteiger partial charge in [0.1, 0.15) is 5.75 Å². The molecule has 0 saturated heterocycles. The minimum atomic E-state index is -0.0662. The van der Waals surface area contributed by atoms with Crippen LogP contribution in [0.2, 0.25) is 0 Å². The Bertz CT molecular complexity index is 6440. The van der Waals surface area contributed by atoms with Crippen LogP contribution >= 0.6 is 0 Å². The van der Waals surface area contributed by atoms with Gasteiger partial charge in [0, 0.05) is 79.5 Å². The second kappa shape index (κ2) is 45.1. The minimum Gasteiger partial charge on any atom is -0.497 e. The number of amides is 6. The Morgan fingerprint density at radius 1 is 0.426 bits per heavy atom. The number of hydrogen-bond donors (Lipinski definition) is 6. The number of imidazole rings is 6. The predicted molar refractivity (Wildman–Crippen MR) is 549 cm³/mol. The van der Waals surface area contributed by atoms with Gasteiger partial charge in [0.05, 0.1) is 91.5 Å². The van der Waals surface area contributed by atoms with Crippen molar-refractivity contribution < 1.29 is 33.5 Å². The maximum Gasteiger partial charge on any atom is 0.229 e. The van der Waals surface area contributed by atoms with Crippen LogP contribution in [0.15, 0.2) is 152 Å². The molecule has 2 atom stereocenters. The van der Waals surface area contributed by atoms with Gasteiger partial charge in [-0.05, 0) is 229 Å². The molecule has 0 unspecified atom stereocenters. The second-order valence-electron chi connectivity index (χ2n) is 41.8. The summed E-state index contributed by atoms with van der Waals surface area (Å²) in [7, 11) is 1.64. The first-order valence-electron chi connectivity index (χ1n) is 48.9. The number of rotatable bonds is 24. The number of aryl methyl sites for hydroxylation is 1. The highest BCUT2D eigenvalue weighted by Gasteiger charge is 2.33. The van der Waals surface area contributed by atoms with Crippen molar-refractivity contribution in [2.75, 3.05) is 39.0 Å². The van der Waals surface area contributed by atoms with Crippen molar-refractivity contribution >= 4 is 143 Å². The SMILES string of the molecule is CC(C)(C)CC(=O)Nc1nc2ccc(C#N)cc2n1C1CCC1.CC(C)(C)CC(=O)Nc1nc2ccccc2n1-c1ccccc1.CC(C)(C)CC(=O)Nc1nc2ccccc2n1C1CCC1.CCc1ccc2nc(NC(=O)CCC3CCCC3)n(C(C)C)c2c1.COc1ccc2nc(NC(=O)[C@@H](C)C(C)C)n(C(C)C)c2c1.[C-]#[N+]c1ccc2nc(NC(=O)[C@@H](C)C(C)C)n(C3CCC3)c2c1. The molecule has 6 amide bonds. The first kappa shape index (κ1) is 102. The summed E-state index contributed by atoms with van der Waals surface area (Å²) in [5.41, 5.74) is 14.7. The molecule has 17 rings (SSSR count). The monoisotopic (exact) mass is 1840 g/mol. The first-order valence-corrected chi connectivity index (χ1v) is 48.9. The summed E-state index contributed by atoms with van der Waals surface area (Å²) in [5.74, 6) is 5.82. The molecule has 0 radical (unpaired) electrons. The second-order valence-corrected chi connectivity index (χ2v) is 41.8. The fourth-order valence-corrected chi connectivity index (χ4v) is 17.2. The number of para-hydroxylation sites is 5. The van der Waals surface area contributed by atoms with Crippen LogP contribution in [0, 0.1) is 63.7 Å². The van der Waals surface area contributed by atoms with E-state index in [2.05, 4.69) is 171 Å². The van der Waals surface area contributed by atoms with E-state index in [0.29, 0.717) is 90.7 Å². The van der Waals surface area contributed by atoms with Gasteiger partial charge in [0.25, 0.3) is 0 Å². The topological polar surface area (TPSA) is 319 Å². The average molecular weight is 1840 g/mol. The van der Waals surface area contributed by atoms with Gasteiger partial charge in [-0.25, -0.2) is 34.7 Å². The Labute approximate surface area is 801 Å². The third-order valence-corrected chi connectivity index (χ3v) is 25.8. The average Bonchev–Trinajstić information content (AvgIpc) is 1.65.